The first-order valence-corrected chi connectivity index (χ1v) is 7.15. The minimum absolute atomic E-state index is 0.0505. The molecule has 0 bridgehead atoms. The summed E-state index contributed by atoms with van der Waals surface area (Å²) in [4.78, 5) is 11.9. The molecule has 110 valence electrons. The van der Waals surface area contributed by atoms with Crippen LogP contribution in [0, 0.1) is 6.92 Å². The summed E-state index contributed by atoms with van der Waals surface area (Å²) in [6, 6.07) is 9.00. The van der Waals surface area contributed by atoms with Gasteiger partial charge < -0.3 is 14.9 Å². The monoisotopic (exact) mass is 294 g/mol. The minimum atomic E-state index is -0.470. The zero-order chi connectivity index (χ0) is 15.4. The molecule has 0 spiro atoms. The fourth-order valence-electron chi connectivity index (χ4n) is 3.29. The maximum atomic E-state index is 11.9. The Labute approximate surface area is 126 Å². The molecule has 4 nitrogen and oxygen atoms in total. The molecule has 4 rings (SSSR count). The molecule has 0 aromatic heterocycles. The molecule has 1 aliphatic heterocycles. The minimum Gasteiger partial charge on any atom is -0.508 e. The third kappa shape index (κ3) is 1.61. The number of esters is 1. The van der Waals surface area contributed by atoms with E-state index in [9.17, 15) is 15.0 Å². The van der Waals surface area contributed by atoms with Gasteiger partial charge in [-0.05, 0) is 51.7 Å². The highest BCUT2D eigenvalue weighted by molar-refractivity contribution is 6.13. The Balaban J connectivity index is 2.19. The molecule has 0 radical (unpaired) electrons. The number of ether oxygens (including phenoxy) is 1. The zero-order valence-electron chi connectivity index (χ0n) is 12.0. The average Bonchev–Trinajstić information content (AvgIpc) is 2.50. The number of benzene rings is 3. The van der Waals surface area contributed by atoms with E-state index in [1.54, 1.807) is 12.1 Å². The van der Waals surface area contributed by atoms with Crippen molar-refractivity contribution in [3.63, 3.8) is 0 Å². The summed E-state index contributed by atoms with van der Waals surface area (Å²) in [5.41, 5.74) is 1.91. The van der Waals surface area contributed by atoms with Crippen molar-refractivity contribution in [3.8, 4) is 11.5 Å². The number of rotatable bonds is 0. The number of aromatic hydroxyl groups is 2. The van der Waals surface area contributed by atoms with Crippen molar-refractivity contribution in [1.29, 1.82) is 0 Å². The topological polar surface area (TPSA) is 66.8 Å². The largest absolute Gasteiger partial charge is 0.508 e. The van der Waals surface area contributed by atoms with Gasteiger partial charge in [-0.3, -0.25) is 0 Å². The maximum absolute atomic E-state index is 11.9. The first kappa shape index (κ1) is 13.0. The van der Waals surface area contributed by atoms with E-state index in [0.717, 1.165) is 32.7 Å². The molecule has 0 saturated heterocycles. The van der Waals surface area contributed by atoms with Crippen LogP contribution in [0.3, 0.4) is 0 Å². The Bertz CT molecular complexity index is 957. The van der Waals surface area contributed by atoms with Gasteiger partial charge in [0.25, 0.3) is 0 Å². The molecule has 1 heterocycles. The van der Waals surface area contributed by atoms with Crippen LogP contribution >= 0.6 is 0 Å². The summed E-state index contributed by atoms with van der Waals surface area (Å²) in [5, 5.41) is 23.8. The van der Waals surface area contributed by atoms with Gasteiger partial charge >= 0.3 is 5.97 Å². The highest BCUT2D eigenvalue weighted by Gasteiger charge is 2.25. The highest BCUT2D eigenvalue weighted by atomic mass is 16.5. The van der Waals surface area contributed by atoms with Crippen LogP contribution in [0.5, 0.6) is 11.5 Å². The van der Waals surface area contributed by atoms with Crippen molar-refractivity contribution >= 4 is 27.5 Å². The predicted octanol–water partition coefficient (Wildman–Crippen LogP) is 3.43. The number of aryl methyl sites for hydroxylation is 1. The van der Waals surface area contributed by atoms with Gasteiger partial charge in [0.15, 0.2) is 0 Å². The lowest BCUT2D eigenvalue weighted by Crippen LogP contribution is -2.18. The summed E-state index contributed by atoms with van der Waals surface area (Å²) >= 11 is 0. The number of carbonyl (C=O) groups excluding carboxylic acids is 1. The number of hydrogen-bond acceptors (Lipinski definition) is 4. The SMILES string of the molecule is Cc1c(O)ccc2c1ccc1c3c(c(O)cc12)C(=O)OCC3. The number of carbonyl (C=O) groups is 1. The van der Waals surface area contributed by atoms with Gasteiger partial charge in [-0.15, -0.1) is 0 Å². The lowest BCUT2D eigenvalue weighted by atomic mass is 9.90. The average molecular weight is 294 g/mol. The van der Waals surface area contributed by atoms with Crippen molar-refractivity contribution < 1.29 is 19.7 Å². The molecule has 2 N–H and O–H groups in total. The summed E-state index contributed by atoms with van der Waals surface area (Å²) in [5.74, 6) is -0.273. The summed E-state index contributed by atoms with van der Waals surface area (Å²) < 4.78 is 5.02. The fraction of sp³-hybridized carbons (Fsp3) is 0.167. The van der Waals surface area contributed by atoms with Gasteiger partial charge in [0.1, 0.15) is 17.1 Å². The molecule has 0 amide bonds. The van der Waals surface area contributed by atoms with Crippen molar-refractivity contribution in [2.24, 2.45) is 0 Å². The van der Waals surface area contributed by atoms with Gasteiger partial charge in [-0.25, -0.2) is 4.79 Å². The Hall–Kier alpha value is -2.75. The highest BCUT2D eigenvalue weighted by Crippen LogP contribution is 2.38. The second-order valence-corrected chi connectivity index (χ2v) is 5.60. The van der Waals surface area contributed by atoms with E-state index >= 15 is 0 Å². The van der Waals surface area contributed by atoms with Crippen LogP contribution < -0.4 is 0 Å². The summed E-state index contributed by atoms with van der Waals surface area (Å²) in [7, 11) is 0. The van der Waals surface area contributed by atoms with E-state index in [-0.39, 0.29) is 17.1 Å². The van der Waals surface area contributed by atoms with Gasteiger partial charge in [0.2, 0.25) is 0 Å². The van der Waals surface area contributed by atoms with Crippen LogP contribution in [-0.2, 0) is 11.2 Å². The van der Waals surface area contributed by atoms with Crippen LogP contribution in [0.15, 0.2) is 30.3 Å². The van der Waals surface area contributed by atoms with Crippen molar-refractivity contribution in [3.05, 3.63) is 47.0 Å². The van der Waals surface area contributed by atoms with Crippen LogP contribution in [0.1, 0.15) is 21.5 Å². The molecule has 0 unspecified atom stereocenters. The second kappa shape index (κ2) is 4.37. The summed E-state index contributed by atoms with van der Waals surface area (Å²) in [6.07, 6.45) is 0.592. The molecule has 3 aromatic carbocycles. The number of cyclic esters (lactones) is 1. The molecule has 0 atom stereocenters. The van der Waals surface area contributed by atoms with Gasteiger partial charge in [0.05, 0.1) is 6.61 Å². The Morgan fingerprint density at radius 2 is 1.68 bits per heavy atom. The van der Waals surface area contributed by atoms with Crippen molar-refractivity contribution in [2.75, 3.05) is 6.61 Å². The van der Waals surface area contributed by atoms with Crippen LogP contribution in [0.2, 0.25) is 0 Å². The quantitative estimate of drug-likeness (QED) is 0.492. The van der Waals surface area contributed by atoms with Crippen LogP contribution in [0.25, 0.3) is 21.5 Å². The van der Waals surface area contributed by atoms with Crippen LogP contribution in [-0.4, -0.2) is 22.8 Å². The van der Waals surface area contributed by atoms with E-state index in [2.05, 4.69) is 0 Å². The third-order valence-corrected chi connectivity index (χ3v) is 4.44. The Morgan fingerprint density at radius 3 is 2.50 bits per heavy atom. The van der Waals surface area contributed by atoms with Crippen molar-refractivity contribution in [2.45, 2.75) is 13.3 Å². The Morgan fingerprint density at radius 1 is 0.955 bits per heavy atom. The van der Waals surface area contributed by atoms with Crippen molar-refractivity contribution in [1.82, 2.24) is 0 Å². The smallest absolute Gasteiger partial charge is 0.342 e. The summed E-state index contributed by atoms with van der Waals surface area (Å²) in [6.45, 7) is 2.19. The predicted molar refractivity (Wildman–Crippen MR) is 83.5 cm³/mol. The number of phenols is 2. The first-order valence-electron chi connectivity index (χ1n) is 7.15. The molecule has 0 saturated carbocycles. The number of fused-ring (bicyclic) bond motifs is 5. The molecule has 0 aliphatic carbocycles. The van der Waals surface area contributed by atoms with E-state index < -0.39 is 5.97 Å². The van der Waals surface area contributed by atoms with E-state index in [1.165, 1.54) is 0 Å². The standard InChI is InChI=1S/C18H14O4/c1-9-10-2-3-12-13-6-7-22-18(21)17(13)16(20)8-14(12)11(10)4-5-15(9)19/h2-5,8,19-20H,6-7H2,1H3. The normalized spacial score (nSPS) is 14.1. The molecular weight excluding hydrogens is 280 g/mol. The molecule has 3 aromatic rings. The van der Waals surface area contributed by atoms with Gasteiger partial charge in [-0.2, -0.15) is 0 Å². The third-order valence-electron chi connectivity index (χ3n) is 4.44. The first-order chi connectivity index (χ1) is 10.6. The maximum Gasteiger partial charge on any atom is 0.342 e. The second-order valence-electron chi connectivity index (χ2n) is 5.60. The van der Waals surface area contributed by atoms with E-state index in [0.29, 0.717) is 13.0 Å². The molecular formula is C18H14O4. The number of phenolic OH excluding ortho intramolecular Hbond substituents is 2. The lowest BCUT2D eigenvalue weighted by Gasteiger charge is -2.20. The lowest BCUT2D eigenvalue weighted by molar-refractivity contribution is 0.0477. The molecule has 1 aliphatic rings. The molecule has 0 fully saturated rings. The zero-order valence-corrected chi connectivity index (χ0v) is 12.0. The van der Waals surface area contributed by atoms with Crippen LogP contribution in [0.4, 0.5) is 0 Å². The van der Waals surface area contributed by atoms with E-state index in [4.69, 9.17) is 4.74 Å². The Kier molecular flexibility index (Phi) is 2.57. The van der Waals surface area contributed by atoms with Gasteiger partial charge in [-0.1, -0.05) is 18.2 Å². The van der Waals surface area contributed by atoms with E-state index in [1.807, 2.05) is 25.1 Å². The number of hydrogen-bond donors (Lipinski definition) is 2. The molecule has 4 heteroatoms. The van der Waals surface area contributed by atoms with Gasteiger partial charge in [0, 0.05) is 6.42 Å². The fourth-order valence-corrected chi connectivity index (χ4v) is 3.29. The molecule has 22 heavy (non-hydrogen) atoms.